The normalized spacial score (nSPS) is 11.8. The minimum absolute atomic E-state index is 0.0204. The quantitative estimate of drug-likeness (QED) is 0.181. The summed E-state index contributed by atoms with van der Waals surface area (Å²) in [6.45, 7) is 1.65. The van der Waals surface area contributed by atoms with Crippen molar-refractivity contribution in [2.75, 3.05) is 0 Å². The Hall–Kier alpha value is -3.83. The Morgan fingerprint density at radius 1 is 0.895 bits per heavy atom. The van der Waals surface area contributed by atoms with E-state index >= 15 is 0 Å². The summed E-state index contributed by atoms with van der Waals surface area (Å²) in [6.07, 6.45) is 3.52. The zero-order valence-corrected chi connectivity index (χ0v) is 22.4. The number of hydrogen-bond donors (Lipinski definition) is 1. The smallest absolute Gasteiger partial charge is 0.294 e. The van der Waals surface area contributed by atoms with Crippen LogP contribution in [0.25, 0.3) is 41.6 Å². The Labute approximate surface area is 226 Å². The fraction of sp³-hybridized carbons (Fsp3) is 0.0714. The maximum Gasteiger partial charge on any atom is 0.296 e. The number of aromatic nitrogens is 3. The summed E-state index contributed by atoms with van der Waals surface area (Å²) >= 11 is 2.78. The van der Waals surface area contributed by atoms with Crippen LogP contribution in [0.1, 0.15) is 21.5 Å². The molecule has 38 heavy (non-hydrogen) atoms. The number of ketones is 1. The van der Waals surface area contributed by atoms with Gasteiger partial charge >= 0.3 is 0 Å². The molecular weight excluding hydrogens is 539 g/mol. The van der Waals surface area contributed by atoms with Crippen LogP contribution in [0, 0.1) is 6.92 Å². The third-order valence-corrected chi connectivity index (χ3v) is 9.53. The number of pyridine rings is 1. The molecule has 0 saturated carbocycles. The molecule has 3 heterocycles. The third-order valence-electron chi connectivity index (χ3n) is 6.15. The predicted octanol–water partition coefficient (Wildman–Crippen LogP) is 6.62. The van der Waals surface area contributed by atoms with E-state index in [4.69, 9.17) is 4.98 Å². The van der Waals surface area contributed by atoms with Crippen LogP contribution < -0.4 is 0 Å². The number of carbonyl (C=O) groups is 1. The zero-order valence-electron chi connectivity index (χ0n) is 20.0. The van der Waals surface area contributed by atoms with Gasteiger partial charge in [0.05, 0.1) is 20.4 Å². The Bertz CT molecular complexity index is 1950. The first kappa shape index (κ1) is 24.5. The molecule has 7 nitrogen and oxygen atoms in total. The number of benzene rings is 3. The van der Waals surface area contributed by atoms with Gasteiger partial charge in [0, 0.05) is 35.5 Å². The summed E-state index contributed by atoms with van der Waals surface area (Å²) in [7, 11) is -4.37. The van der Waals surface area contributed by atoms with E-state index in [0.29, 0.717) is 32.8 Å². The van der Waals surface area contributed by atoms with Crippen LogP contribution in [0.5, 0.6) is 0 Å². The monoisotopic (exact) mass is 557 g/mol. The minimum atomic E-state index is -4.37. The van der Waals surface area contributed by atoms with Gasteiger partial charge in [-0.25, -0.2) is 9.97 Å². The van der Waals surface area contributed by atoms with Gasteiger partial charge in [0.2, 0.25) is 0 Å². The maximum absolute atomic E-state index is 12.5. The highest BCUT2D eigenvalue weighted by molar-refractivity contribution is 7.86. The second kappa shape index (κ2) is 9.48. The van der Waals surface area contributed by atoms with E-state index in [-0.39, 0.29) is 10.7 Å². The Balaban J connectivity index is 1.29. The molecule has 10 heteroatoms. The highest BCUT2D eigenvalue weighted by Crippen LogP contribution is 2.38. The number of carbonyl (C=O) groups excluding carboxylic acids is 1. The van der Waals surface area contributed by atoms with E-state index in [9.17, 15) is 17.8 Å². The molecule has 0 unspecified atom stereocenters. The molecular formula is C28H19N3O4S3. The minimum Gasteiger partial charge on any atom is -0.294 e. The first-order valence-electron chi connectivity index (χ1n) is 11.6. The Kier molecular flexibility index (Phi) is 6.11. The zero-order chi connectivity index (χ0) is 26.4. The molecule has 0 aliphatic rings. The average molecular weight is 558 g/mol. The van der Waals surface area contributed by atoms with Gasteiger partial charge in [0.25, 0.3) is 10.1 Å². The summed E-state index contributed by atoms with van der Waals surface area (Å²) in [5, 5.41) is 1.52. The van der Waals surface area contributed by atoms with Crippen molar-refractivity contribution < 1.29 is 17.8 Å². The number of thiazole rings is 2. The standard InChI is InChI=1S/C28H19N3O4S3/c1-16-4-10-22-25(26(16)38(33,34)35)37-28(31-22)19-9-11-21-24(14-19)36-27(30-21)18-7-5-17(6-8-18)13-23(32)20-3-2-12-29-15-20/h2-12,14-15H,13H2,1H3,(H,33,34,35). The summed E-state index contributed by atoms with van der Waals surface area (Å²) in [4.78, 5) is 25.8. The summed E-state index contributed by atoms with van der Waals surface area (Å²) in [5.74, 6) is 0.0204. The van der Waals surface area contributed by atoms with Crippen LogP contribution in [0.2, 0.25) is 0 Å². The predicted molar refractivity (Wildman–Crippen MR) is 150 cm³/mol. The lowest BCUT2D eigenvalue weighted by Gasteiger charge is -2.02. The van der Waals surface area contributed by atoms with E-state index in [2.05, 4.69) is 9.97 Å². The molecule has 3 aromatic carbocycles. The van der Waals surface area contributed by atoms with Gasteiger partial charge in [0.1, 0.15) is 14.9 Å². The third kappa shape index (κ3) is 4.63. The van der Waals surface area contributed by atoms with E-state index in [1.165, 1.54) is 11.3 Å². The topological polar surface area (TPSA) is 110 Å². The lowest BCUT2D eigenvalue weighted by molar-refractivity contribution is 0.0992. The van der Waals surface area contributed by atoms with Gasteiger partial charge in [-0.2, -0.15) is 8.42 Å². The number of fused-ring (bicyclic) bond motifs is 2. The Morgan fingerprint density at radius 3 is 2.34 bits per heavy atom. The molecule has 0 atom stereocenters. The molecule has 0 saturated heterocycles. The van der Waals surface area contributed by atoms with Crippen molar-refractivity contribution >= 4 is 59.0 Å². The first-order valence-corrected chi connectivity index (χ1v) is 14.6. The SMILES string of the molecule is Cc1ccc2nc(-c3ccc4nc(-c5ccc(CC(=O)c6cccnc6)cc5)sc4c3)sc2c1S(=O)(=O)O. The Morgan fingerprint density at radius 2 is 1.61 bits per heavy atom. The fourth-order valence-corrected chi connectivity index (χ4v) is 7.59. The van der Waals surface area contributed by atoms with Crippen LogP contribution >= 0.6 is 22.7 Å². The van der Waals surface area contributed by atoms with Crippen LogP contribution in [-0.2, 0) is 16.5 Å². The van der Waals surface area contributed by atoms with Gasteiger partial charge in [-0.1, -0.05) is 30.3 Å². The number of hydrogen-bond acceptors (Lipinski definition) is 8. The van der Waals surface area contributed by atoms with Gasteiger partial charge in [-0.05, 0) is 54.4 Å². The van der Waals surface area contributed by atoms with Crippen molar-refractivity contribution in [2.24, 2.45) is 0 Å². The van der Waals surface area contributed by atoms with Gasteiger partial charge in [0.15, 0.2) is 5.78 Å². The van der Waals surface area contributed by atoms with Crippen molar-refractivity contribution in [3.63, 3.8) is 0 Å². The second-order valence-corrected chi connectivity index (χ2v) is 12.2. The molecule has 0 amide bonds. The molecule has 6 aromatic rings. The summed E-state index contributed by atoms with van der Waals surface area (Å²) in [5.41, 5.74) is 5.16. The molecule has 188 valence electrons. The van der Waals surface area contributed by atoms with Gasteiger partial charge in [-0.3, -0.25) is 14.3 Å². The van der Waals surface area contributed by atoms with Gasteiger partial charge < -0.3 is 0 Å². The van der Waals surface area contributed by atoms with E-state index in [1.807, 2.05) is 42.5 Å². The number of rotatable bonds is 6. The molecule has 0 aliphatic carbocycles. The highest BCUT2D eigenvalue weighted by atomic mass is 32.2. The highest BCUT2D eigenvalue weighted by Gasteiger charge is 2.21. The summed E-state index contributed by atoms with van der Waals surface area (Å²) < 4.78 is 35.1. The molecule has 0 radical (unpaired) electrons. The molecule has 6 rings (SSSR count). The fourth-order valence-electron chi connectivity index (χ4n) is 4.27. The summed E-state index contributed by atoms with van der Waals surface area (Å²) in [6, 6.07) is 20.6. The lowest BCUT2D eigenvalue weighted by atomic mass is 10.0. The molecule has 3 aromatic heterocycles. The van der Waals surface area contributed by atoms with Crippen molar-refractivity contribution in [3.05, 3.63) is 95.8 Å². The van der Waals surface area contributed by atoms with E-state index in [1.54, 1.807) is 54.9 Å². The molecule has 1 N–H and O–H groups in total. The van der Waals surface area contributed by atoms with Crippen LogP contribution in [0.3, 0.4) is 0 Å². The van der Waals surface area contributed by atoms with Crippen molar-refractivity contribution in [2.45, 2.75) is 18.2 Å². The van der Waals surface area contributed by atoms with Crippen molar-refractivity contribution in [3.8, 4) is 21.1 Å². The molecule has 0 spiro atoms. The first-order chi connectivity index (χ1) is 18.3. The number of aryl methyl sites for hydroxylation is 1. The average Bonchev–Trinajstić information content (AvgIpc) is 3.52. The lowest BCUT2D eigenvalue weighted by Crippen LogP contribution is -2.03. The maximum atomic E-state index is 12.5. The van der Waals surface area contributed by atoms with E-state index < -0.39 is 10.1 Å². The van der Waals surface area contributed by atoms with Crippen LogP contribution in [0.4, 0.5) is 0 Å². The number of Topliss-reactive ketones (excluding diaryl/α,β-unsaturated/α-hetero) is 1. The van der Waals surface area contributed by atoms with E-state index in [0.717, 1.165) is 31.9 Å². The second-order valence-electron chi connectivity index (χ2n) is 8.79. The number of nitrogens with zero attached hydrogens (tertiary/aromatic N) is 3. The van der Waals surface area contributed by atoms with Crippen molar-refractivity contribution in [1.29, 1.82) is 0 Å². The molecule has 0 fully saturated rings. The van der Waals surface area contributed by atoms with Gasteiger partial charge in [-0.15, -0.1) is 22.7 Å². The van der Waals surface area contributed by atoms with Crippen LogP contribution in [0.15, 0.2) is 84.0 Å². The largest absolute Gasteiger partial charge is 0.296 e. The van der Waals surface area contributed by atoms with Crippen LogP contribution in [-0.4, -0.2) is 33.7 Å². The van der Waals surface area contributed by atoms with Crippen molar-refractivity contribution in [1.82, 2.24) is 15.0 Å². The molecule has 0 aliphatic heterocycles. The molecule has 0 bridgehead atoms.